The van der Waals surface area contributed by atoms with Crippen LogP contribution in [-0.4, -0.2) is 37.7 Å². The summed E-state index contributed by atoms with van der Waals surface area (Å²) in [4.78, 5) is 16.5. The van der Waals surface area contributed by atoms with Crippen LogP contribution in [0.3, 0.4) is 0 Å². The van der Waals surface area contributed by atoms with Gasteiger partial charge in [-0.3, -0.25) is 0 Å². The molecule has 2 aromatic carbocycles. The summed E-state index contributed by atoms with van der Waals surface area (Å²) in [5.41, 5.74) is 1.70. The third-order valence-corrected chi connectivity index (χ3v) is 6.43. The summed E-state index contributed by atoms with van der Waals surface area (Å²) in [6, 6.07) is 14.9. The number of esters is 1. The summed E-state index contributed by atoms with van der Waals surface area (Å²) in [5.74, 6) is -0.576. The summed E-state index contributed by atoms with van der Waals surface area (Å²) in [6.07, 6.45) is 1.55. The van der Waals surface area contributed by atoms with Crippen LogP contribution >= 0.6 is 0 Å². The van der Waals surface area contributed by atoms with E-state index < -0.39 is 16.0 Å². The Hall–Kier alpha value is -3.28. The molecular formula is C21H19N3O4S. The summed E-state index contributed by atoms with van der Waals surface area (Å²) >= 11 is 0. The highest BCUT2D eigenvalue weighted by molar-refractivity contribution is 7.89. The molecule has 0 spiro atoms. The molecule has 1 aliphatic heterocycles. The second kappa shape index (κ2) is 8.39. The Labute approximate surface area is 169 Å². The van der Waals surface area contributed by atoms with Gasteiger partial charge in [0, 0.05) is 18.7 Å². The van der Waals surface area contributed by atoms with Crippen LogP contribution < -0.4 is 0 Å². The Bertz CT molecular complexity index is 1140. The highest BCUT2D eigenvalue weighted by atomic mass is 32.2. The van der Waals surface area contributed by atoms with E-state index in [2.05, 4.69) is 4.99 Å². The van der Waals surface area contributed by atoms with Crippen molar-refractivity contribution in [1.82, 2.24) is 4.31 Å². The zero-order chi connectivity index (χ0) is 21.0. The van der Waals surface area contributed by atoms with Crippen molar-refractivity contribution < 1.29 is 17.9 Å². The van der Waals surface area contributed by atoms with Crippen molar-refractivity contribution in [2.24, 2.45) is 4.99 Å². The molecule has 0 aliphatic carbocycles. The van der Waals surface area contributed by atoms with Crippen molar-refractivity contribution in [3.63, 3.8) is 0 Å². The zero-order valence-electron chi connectivity index (χ0n) is 16.0. The number of rotatable bonds is 6. The Balaban J connectivity index is 1.93. The summed E-state index contributed by atoms with van der Waals surface area (Å²) < 4.78 is 32.0. The number of cyclic esters (lactones) is 1. The minimum Gasteiger partial charge on any atom is -0.402 e. The van der Waals surface area contributed by atoms with Gasteiger partial charge in [-0.1, -0.05) is 32.0 Å². The number of ether oxygens (including phenoxy) is 1. The van der Waals surface area contributed by atoms with Gasteiger partial charge in [-0.05, 0) is 42.0 Å². The number of nitrogens with zero attached hydrogens (tertiary/aromatic N) is 3. The average molecular weight is 409 g/mol. The van der Waals surface area contributed by atoms with Crippen molar-refractivity contribution >= 4 is 28.0 Å². The van der Waals surface area contributed by atoms with E-state index in [9.17, 15) is 13.2 Å². The number of sulfonamides is 1. The van der Waals surface area contributed by atoms with E-state index in [-0.39, 0.29) is 16.5 Å². The third-order valence-electron chi connectivity index (χ3n) is 4.39. The van der Waals surface area contributed by atoms with Gasteiger partial charge in [0.1, 0.15) is 0 Å². The lowest BCUT2D eigenvalue weighted by Gasteiger charge is -2.18. The molecule has 3 rings (SSSR count). The highest BCUT2D eigenvalue weighted by Gasteiger charge is 2.27. The maximum atomic E-state index is 12.7. The third kappa shape index (κ3) is 4.26. The maximum absolute atomic E-state index is 12.7. The molecule has 0 fully saturated rings. The first-order valence-corrected chi connectivity index (χ1v) is 10.5. The van der Waals surface area contributed by atoms with Crippen molar-refractivity contribution in [3.05, 3.63) is 70.9 Å². The fraction of sp³-hybridized carbons (Fsp3) is 0.190. The van der Waals surface area contributed by atoms with E-state index in [0.29, 0.717) is 29.8 Å². The Morgan fingerprint density at radius 3 is 2.45 bits per heavy atom. The van der Waals surface area contributed by atoms with Crippen molar-refractivity contribution in [2.45, 2.75) is 18.7 Å². The Morgan fingerprint density at radius 1 is 1.14 bits per heavy atom. The van der Waals surface area contributed by atoms with Crippen LogP contribution in [0.2, 0.25) is 0 Å². The predicted molar refractivity (Wildman–Crippen MR) is 108 cm³/mol. The van der Waals surface area contributed by atoms with Gasteiger partial charge < -0.3 is 4.74 Å². The average Bonchev–Trinajstić information content (AvgIpc) is 3.10. The van der Waals surface area contributed by atoms with Crippen molar-refractivity contribution in [3.8, 4) is 6.07 Å². The van der Waals surface area contributed by atoms with Gasteiger partial charge in [0.2, 0.25) is 15.9 Å². The largest absolute Gasteiger partial charge is 0.402 e. The Kier molecular flexibility index (Phi) is 5.92. The highest BCUT2D eigenvalue weighted by Crippen LogP contribution is 2.22. The van der Waals surface area contributed by atoms with Gasteiger partial charge in [-0.15, -0.1) is 0 Å². The second-order valence-electron chi connectivity index (χ2n) is 6.19. The van der Waals surface area contributed by atoms with E-state index in [4.69, 9.17) is 10.00 Å². The van der Waals surface area contributed by atoms with E-state index in [1.54, 1.807) is 56.3 Å². The lowest BCUT2D eigenvalue weighted by atomic mass is 10.1. The number of nitriles is 1. The van der Waals surface area contributed by atoms with Gasteiger partial charge in [-0.25, -0.2) is 18.2 Å². The summed E-state index contributed by atoms with van der Waals surface area (Å²) in [5, 5.41) is 8.85. The number of hydrogen-bond acceptors (Lipinski definition) is 6. The van der Waals surface area contributed by atoms with Gasteiger partial charge in [0.25, 0.3) is 0 Å². The van der Waals surface area contributed by atoms with Crippen LogP contribution in [0.1, 0.15) is 30.5 Å². The second-order valence-corrected chi connectivity index (χ2v) is 8.12. The quantitative estimate of drug-likeness (QED) is 0.539. The lowest BCUT2D eigenvalue weighted by Crippen LogP contribution is -2.30. The fourth-order valence-corrected chi connectivity index (χ4v) is 4.35. The minimum atomic E-state index is -3.64. The first-order valence-electron chi connectivity index (χ1n) is 9.02. The van der Waals surface area contributed by atoms with Gasteiger partial charge in [0.05, 0.1) is 16.5 Å². The molecule has 8 heteroatoms. The van der Waals surface area contributed by atoms with Gasteiger partial charge in [0.15, 0.2) is 5.70 Å². The molecule has 0 bridgehead atoms. The normalized spacial score (nSPS) is 15.3. The molecule has 0 N–H and O–H groups in total. The number of hydrogen-bond donors (Lipinski definition) is 0. The molecule has 1 aliphatic rings. The molecule has 0 amide bonds. The predicted octanol–water partition coefficient (Wildman–Crippen LogP) is 2.93. The number of carbonyl (C=O) groups is 1. The molecule has 148 valence electrons. The SMILES string of the molecule is CCN(CC)S(=O)(=O)c1cccc(C2=NC(=Cc3ccc(C#N)cc3)C(=O)O2)c1. The van der Waals surface area contributed by atoms with Crippen LogP contribution in [0.4, 0.5) is 0 Å². The number of aliphatic imine (C=N–C) groups is 1. The van der Waals surface area contributed by atoms with Crippen LogP contribution in [0, 0.1) is 11.3 Å². The molecule has 0 unspecified atom stereocenters. The van der Waals surface area contributed by atoms with Crippen molar-refractivity contribution in [1.29, 1.82) is 5.26 Å². The molecule has 2 aromatic rings. The molecule has 29 heavy (non-hydrogen) atoms. The maximum Gasteiger partial charge on any atom is 0.363 e. The summed E-state index contributed by atoms with van der Waals surface area (Å²) in [6.45, 7) is 4.26. The zero-order valence-corrected chi connectivity index (χ0v) is 16.8. The molecule has 0 saturated heterocycles. The van der Waals surface area contributed by atoms with Crippen LogP contribution in [0.15, 0.2) is 64.1 Å². The first kappa shape index (κ1) is 20.5. The smallest absolute Gasteiger partial charge is 0.363 e. The first-order chi connectivity index (χ1) is 13.9. The van der Waals surface area contributed by atoms with Crippen LogP contribution in [0.25, 0.3) is 6.08 Å². The molecule has 7 nitrogen and oxygen atoms in total. The molecule has 1 heterocycles. The lowest BCUT2D eigenvalue weighted by molar-refractivity contribution is -0.129. The van der Waals surface area contributed by atoms with E-state index in [0.717, 1.165) is 0 Å². The topological polar surface area (TPSA) is 99.8 Å². The molecule has 0 radical (unpaired) electrons. The summed E-state index contributed by atoms with van der Waals surface area (Å²) in [7, 11) is -3.64. The van der Waals surface area contributed by atoms with E-state index in [1.165, 1.54) is 16.4 Å². The number of benzene rings is 2. The molecular weight excluding hydrogens is 390 g/mol. The molecule has 0 atom stereocenters. The minimum absolute atomic E-state index is 0.0477. The van der Waals surface area contributed by atoms with Gasteiger partial charge >= 0.3 is 5.97 Å². The Morgan fingerprint density at radius 2 is 1.83 bits per heavy atom. The van der Waals surface area contributed by atoms with E-state index >= 15 is 0 Å². The van der Waals surface area contributed by atoms with E-state index in [1.807, 2.05) is 6.07 Å². The number of carbonyl (C=O) groups excluding carboxylic acids is 1. The molecule has 0 saturated carbocycles. The van der Waals surface area contributed by atoms with Crippen LogP contribution in [0.5, 0.6) is 0 Å². The molecule has 0 aromatic heterocycles. The monoisotopic (exact) mass is 409 g/mol. The standard InChI is InChI=1S/C21H19N3O4S/c1-3-24(4-2)29(26,27)18-7-5-6-17(13-18)20-23-19(21(25)28-20)12-15-8-10-16(14-22)11-9-15/h5-13H,3-4H2,1-2H3. The van der Waals surface area contributed by atoms with Gasteiger partial charge in [-0.2, -0.15) is 9.57 Å². The fourth-order valence-electron chi connectivity index (χ4n) is 2.85. The van der Waals surface area contributed by atoms with Crippen LogP contribution in [-0.2, 0) is 19.6 Å². The van der Waals surface area contributed by atoms with Crippen molar-refractivity contribution in [2.75, 3.05) is 13.1 Å².